The monoisotopic (exact) mass is 407 g/mol. The van der Waals surface area contributed by atoms with Crippen LogP contribution < -0.4 is 10.2 Å². The summed E-state index contributed by atoms with van der Waals surface area (Å²) in [6.07, 6.45) is 7.10. The summed E-state index contributed by atoms with van der Waals surface area (Å²) in [5, 5.41) is 3.80. The lowest BCUT2D eigenvalue weighted by Gasteiger charge is -2.41. The highest BCUT2D eigenvalue weighted by molar-refractivity contribution is 5.62. The minimum atomic E-state index is 0.648. The van der Waals surface area contributed by atoms with Crippen LogP contribution in [0.15, 0.2) is 42.6 Å². The molecule has 2 aliphatic rings. The van der Waals surface area contributed by atoms with Crippen LogP contribution in [0.5, 0.6) is 0 Å². The first-order valence-electron chi connectivity index (χ1n) is 11.5. The normalized spacial score (nSPS) is 19.8. The van der Waals surface area contributed by atoms with E-state index in [-0.39, 0.29) is 0 Å². The van der Waals surface area contributed by atoms with Crippen LogP contribution in [0.2, 0.25) is 0 Å². The first-order valence-corrected chi connectivity index (χ1v) is 11.5. The average Bonchev–Trinajstić information content (AvgIpc) is 2.78. The third-order valence-corrected chi connectivity index (χ3v) is 6.92. The summed E-state index contributed by atoms with van der Waals surface area (Å²) in [7, 11) is 4.36. The molecule has 162 valence electrons. The van der Waals surface area contributed by atoms with Crippen LogP contribution in [-0.2, 0) is 6.54 Å². The fraction of sp³-hybridized carbons (Fsp3) is 0.560. The summed E-state index contributed by atoms with van der Waals surface area (Å²) >= 11 is 0. The van der Waals surface area contributed by atoms with E-state index in [1.165, 1.54) is 68.8 Å². The number of anilines is 2. The van der Waals surface area contributed by atoms with E-state index in [0.717, 1.165) is 18.3 Å². The van der Waals surface area contributed by atoms with Gasteiger partial charge in [0, 0.05) is 48.9 Å². The average molecular weight is 408 g/mol. The van der Waals surface area contributed by atoms with Crippen LogP contribution >= 0.6 is 0 Å². The molecular formula is C25H37N5. The van der Waals surface area contributed by atoms with Gasteiger partial charge in [-0.2, -0.15) is 0 Å². The van der Waals surface area contributed by atoms with Crippen molar-refractivity contribution in [2.45, 2.75) is 51.2 Å². The van der Waals surface area contributed by atoms with E-state index in [2.05, 4.69) is 75.5 Å². The van der Waals surface area contributed by atoms with Crippen molar-refractivity contribution in [2.75, 3.05) is 45.2 Å². The van der Waals surface area contributed by atoms with E-state index in [0.29, 0.717) is 6.04 Å². The quantitative estimate of drug-likeness (QED) is 0.788. The van der Waals surface area contributed by atoms with Crippen molar-refractivity contribution in [1.29, 1.82) is 0 Å². The summed E-state index contributed by atoms with van der Waals surface area (Å²) in [4.78, 5) is 11.7. The van der Waals surface area contributed by atoms with Crippen LogP contribution in [0.25, 0.3) is 0 Å². The molecule has 2 aromatic rings. The number of benzene rings is 1. The highest BCUT2D eigenvalue weighted by atomic mass is 15.2. The van der Waals surface area contributed by atoms with E-state index in [1.807, 2.05) is 13.1 Å². The Kier molecular flexibility index (Phi) is 7.03. The molecule has 4 rings (SSSR count). The molecule has 1 aromatic carbocycles. The van der Waals surface area contributed by atoms with Gasteiger partial charge in [-0.25, -0.2) is 0 Å². The van der Waals surface area contributed by atoms with Gasteiger partial charge in [-0.1, -0.05) is 12.1 Å². The van der Waals surface area contributed by atoms with E-state index in [1.54, 1.807) is 0 Å². The molecule has 0 spiro atoms. The van der Waals surface area contributed by atoms with Crippen molar-refractivity contribution in [1.82, 2.24) is 20.1 Å². The molecule has 1 N–H and O–H groups in total. The molecule has 0 atom stereocenters. The Morgan fingerprint density at radius 2 is 1.67 bits per heavy atom. The number of aryl methyl sites for hydroxylation is 1. The highest BCUT2D eigenvalue weighted by Crippen LogP contribution is 2.24. The summed E-state index contributed by atoms with van der Waals surface area (Å²) in [5.74, 6) is 0. The van der Waals surface area contributed by atoms with Gasteiger partial charge in [-0.15, -0.1) is 0 Å². The zero-order valence-corrected chi connectivity index (χ0v) is 18.8. The second kappa shape index (κ2) is 9.90. The Bertz CT molecular complexity index is 789. The van der Waals surface area contributed by atoms with Gasteiger partial charge < -0.3 is 20.0 Å². The molecule has 2 saturated heterocycles. The standard InChI is InChI=1S/C25H37N5/c1-20-18-25(8-13-26-20)29(3)23-6-4-21(5-7-23)19-27-22-9-16-30(17-10-22)24-11-14-28(2)15-12-24/h4-8,13,18,22,24,27H,9-12,14-17,19H2,1-3H3. The number of pyridine rings is 1. The van der Waals surface area contributed by atoms with Crippen LogP contribution in [0.4, 0.5) is 11.4 Å². The smallest absolute Gasteiger partial charge is 0.0441 e. The number of hydrogen-bond acceptors (Lipinski definition) is 5. The number of piperidine rings is 2. The molecule has 5 nitrogen and oxygen atoms in total. The maximum atomic E-state index is 4.29. The van der Waals surface area contributed by atoms with Crippen molar-refractivity contribution in [3.63, 3.8) is 0 Å². The number of nitrogens with one attached hydrogen (secondary N) is 1. The maximum absolute atomic E-state index is 4.29. The zero-order valence-electron chi connectivity index (χ0n) is 18.8. The Hall–Kier alpha value is -1.95. The SMILES string of the molecule is Cc1cc(N(C)c2ccc(CNC3CCN(C4CCN(C)CC4)CC3)cc2)ccn1. The van der Waals surface area contributed by atoms with Gasteiger partial charge in [0.05, 0.1) is 0 Å². The van der Waals surface area contributed by atoms with Gasteiger partial charge in [0.2, 0.25) is 0 Å². The number of nitrogens with zero attached hydrogens (tertiary/aromatic N) is 4. The summed E-state index contributed by atoms with van der Waals surface area (Å²) < 4.78 is 0. The Morgan fingerprint density at radius 3 is 2.33 bits per heavy atom. The molecular weight excluding hydrogens is 370 g/mol. The molecule has 0 radical (unpaired) electrons. The van der Waals surface area contributed by atoms with Gasteiger partial charge in [-0.05, 0) is 95.7 Å². The van der Waals surface area contributed by atoms with Crippen LogP contribution in [-0.4, -0.2) is 67.1 Å². The molecule has 0 bridgehead atoms. The number of hydrogen-bond donors (Lipinski definition) is 1. The summed E-state index contributed by atoms with van der Waals surface area (Å²) in [6.45, 7) is 8.01. The number of rotatable bonds is 6. The predicted octanol–water partition coefficient (Wildman–Crippen LogP) is 3.81. The Morgan fingerprint density at radius 1 is 0.967 bits per heavy atom. The van der Waals surface area contributed by atoms with Gasteiger partial charge in [0.25, 0.3) is 0 Å². The van der Waals surface area contributed by atoms with Crippen LogP contribution in [0, 0.1) is 6.92 Å². The Balaban J connectivity index is 1.23. The van der Waals surface area contributed by atoms with E-state index < -0.39 is 0 Å². The second-order valence-corrected chi connectivity index (χ2v) is 9.11. The molecule has 30 heavy (non-hydrogen) atoms. The van der Waals surface area contributed by atoms with Crippen molar-refractivity contribution < 1.29 is 0 Å². The fourth-order valence-electron chi connectivity index (χ4n) is 4.82. The highest BCUT2D eigenvalue weighted by Gasteiger charge is 2.27. The largest absolute Gasteiger partial charge is 0.345 e. The minimum absolute atomic E-state index is 0.648. The van der Waals surface area contributed by atoms with E-state index >= 15 is 0 Å². The van der Waals surface area contributed by atoms with Crippen molar-refractivity contribution >= 4 is 11.4 Å². The van der Waals surface area contributed by atoms with Gasteiger partial charge in [0.1, 0.15) is 0 Å². The summed E-state index contributed by atoms with van der Waals surface area (Å²) in [5.41, 5.74) is 4.78. The lowest BCUT2D eigenvalue weighted by atomic mass is 9.98. The topological polar surface area (TPSA) is 34.6 Å². The number of aromatic nitrogens is 1. The van der Waals surface area contributed by atoms with Gasteiger partial charge in [-0.3, -0.25) is 4.98 Å². The molecule has 0 amide bonds. The molecule has 5 heteroatoms. The molecule has 1 aromatic heterocycles. The van der Waals surface area contributed by atoms with E-state index in [4.69, 9.17) is 0 Å². The van der Waals surface area contributed by atoms with Gasteiger partial charge in [0.15, 0.2) is 0 Å². The summed E-state index contributed by atoms with van der Waals surface area (Å²) in [6, 6.07) is 14.6. The van der Waals surface area contributed by atoms with Crippen molar-refractivity contribution in [3.8, 4) is 0 Å². The molecule has 2 fully saturated rings. The van der Waals surface area contributed by atoms with Crippen LogP contribution in [0.3, 0.4) is 0 Å². The maximum Gasteiger partial charge on any atom is 0.0441 e. The number of likely N-dealkylation sites (tertiary alicyclic amines) is 2. The first-order chi connectivity index (χ1) is 14.6. The van der Waals surface area contributed by atoms with Crippen molar-refractivity contribution in [3.05, 3.63) is 53.9 Å². The third-order valence-electron chi connectivity index (χ3n) is 6.92. The lowest BCUT2D eigenvalue weighted by Crippen LogP contribution is -2.49. The zero-order chi connectivity index (χ0) is 20.9. The molecule has 0 saturated carbocycles. The van der Waals surface area contributed by atoms with Crippen molar-refractivity contribution in [2.24, 2.45) is 0 Å². The molecule has 0 aliphatic carbocycles. The van der Waals surface area contributed by atoms with Gasteiger partial charge >= 0.3 is 0 Å². The van der Waals surface area contributed by atoms with Crippen LogP contribution in [0.1, 0.15) is 36.9 Å². The molecule has 0 unspecified atom stereocenters. The Labute approximate surface area is 182 Å². The fourth-order valence-corrected chi connectivity index (χ4v) is 4.82. The second-order valence-electron chi connectivity index (χ2n) is 9.11. The third kappa shape index (κ3) is 5.39. The lowest BCUT2D eigenvalue weighted by molar-refractivity contribution is 0.0921. The first kappa shape index (κ1) is 21.3. The predicted molar refractivity (Wildman–Crippen MR) is 125 cm³/mol. The molecule has 2 aliphatic heterocycles. The minimum Gasteiger partial charge on any atom is -0.345 e. The van der Waals surface area contributed by atoms with E-state index in [9.17, 15) is 0 Å². The molecule has 3 heterocycles.